The van der Waals surface area contributed by atoms with E-state index in [0.717, 1.165) is 11.6 Å². The molecule has 2 nitrogen and oxygen atoms in total. The molecule has 0 aliphatic carbocycles. The Bertz CT molecular complexity index is 796. The van der Waals surface area contributed by atoms with Crippen LogP contribution in [0.3, 0.4) is 0 Å². The number of nitrogens with zero attached hydrogens (tertiary/aromatic N) is 1. The van der Waals surface area contributed by atoms with Crippen molar-refractivity contribution in [3.8, 4) is 11.4 Å². The third-order valence-corrected chi connectivity index (χ3v) is 3.57. The molecule has 0 aliphatic heterocycles. The number of benzene rings is 2. The summed E-state index contributed by atoms with van der Waals surface area (Å²) in [5, 5.41) is 0. The van der Waals surface area contributed by atoms with Crippen molar-refractivity contribution >= 4 is 11.0 Å². The van der Waals surface area contributed by atoms with Crippen molar-refractivity contribution in [2.45, 2.75) is 26.2 Å². The molecule has 0 fully saturated rings. The van der Waals surface area contributed by atoms with E-state index in [1.54, 1.807) is 0 Å². The minimum absolute atomic E-state index is 0.0323. The standard InChI is InChI=1S/C17H16F2N2/c1-17(2,3)11-6-4-10(5-7-11)16-20-13-9-8-12(18)14(19)15(13)21-16/h4-9H,1-3H3,(H,20,21). The Balaban J connectivity index is 2.06. The van der Waals surface area contributed by atoms with Crippen molar-refractivity contribution in [1.29, 1.82) is 0 Å². The Morgan fingerprint density at radius 3 is 2.24 bits per heavy atom. The second-order valence-electron chi connectivity index (χ2n) is 6.17. The Morgan fingerprint density at radius 1 is 0.952 bits per heavy atom. The van der Waals surface area contributed by atoms with Gasteiger partial charge in [0.15, 0.2) is 11.6 Å². The van der Waals surface area contributed by atoms with Gasteiger partial charge in [-0.05, 0) is 23.1 Å². The molecule has 0 bridgehead atoms. The van der Waals surface area contributed by atoms with Crippen molar-refractivity contribution in [2.75, 3.05) is 0 Å². The lowest BCUT2D eigenvalue weighted by Gasteiger charge is -2.18. The molecule has 4 heteroatoms. The van der Waals surface area contributed by atoms with Crippen molar-refractivity contribution < 1.29 is 8.78 Å². The maximum atomic E-state index is 13.7. The molecule has 0 saturated carbocycles. The number of H-pyrrole nitrogens is 1. The predicted molar refractivity (Wildman–Crippen MR) is 80.1 cm³/mol. The first kappa shape index (κ1) is 13.7. The van der Waals surface area contributed by atoms with Gasteiger partial charge >= 0.3 is 0 Å². The second kappa shape index (κ2) is 4.65. The average Bonchev–Trinajstić information content (AvgIpc) is 2.87. The lowest BCUT2D eigenvalue weighted by molar-refractivity contribution is 0.515. The third-order valence-electron chi connectivity index (χ3n) is 3.57. The Hall–Kier alpha value is -2.23. The molecule has 0 atom stereocenters. The van der Waals surface area contributed by atoms with Gasteiger partial charge in [-0.2, -0.15) is 0 Å². The number of hydrogen-bond acceptors (Lipinski definition) is 1. The number of halogens is 2. The lowest BCUT2D eigenvalue weighted by Crippen LogP contribution is -2.10. The quantitative estimate of drug-likeness (QED) is 0.683. The second-order valence-corrected chi connectivity index (χ2v) is 6.17. The summed E-state index contributed by atoms with van der Waals surface area (Å²) in [6.45, 7) is 6.42. The van der Waals surface area contributed by atoms with Crippen molar-refractivity contribution in [1.82, 2.24) is 9.97 Å². The average molecular weight is 286 g/mol. The first-order valence-corrected chi connectivity index (χ1v) is 6.81. The van der Waals surface area contributed by atoms with E-state index >= 15 is 0 Å². The summed E-state index contributed by atoms with van der Waals surface area (Å²) in [7, 11) is 0. The molecular weight excluding hydrogens is 270 g/mol. The van der Waals surface area contributed by atoms with E-state index < -0.39 is 11.6 Å². The van der Waals surface area contributed by atoms with Crippen LogP contribution in [0.1, 0.15) is 26.3 Å². The van der Waals surface area contributed by atoms with Gasteiger partial charge in [0.1, 0.15) is 11.3 Å². The van der Waals surface area contributed by atoms with Crippen LogP contribution < -0.4 is 0 Å². The summed E-state index contributed by atoms with van der Waals surface area (Å²) in [6.07, 6.45) is 0. The molecule has 2 aromatic carbocycles. The molecule has 0 saturated heterocycles. The molecule has 1 N–H and O–H groups in total. The van der Waals surface area contributed by atoms with E-state index in [0.29, 0.717) is 11.3 Å². The van der Waals surface area contributed by atoms with Crippen LogP contribution in [-0.2, 0) is 5.41 Å². The van der Waals surface area contributed by atoms with Gasteiger partial charge in [-0.1, -0.05) is 45.0 Å². The minimum atomic E-state index is -0.915. The van der Waals surface area contributed by atoms with Crippen LogP contribution in [0, 0.1) is 11.6 Å². The largest absolute Gasteiger partial charge is 0.338 e. The maximum absolute atomic E-state index is 13.7. The van der Waals surface area contributed by atoms with Crippen molar-refractivity contribution in [3.63, 3.8) is 0 Å². The van der Waals surface area contributed by atoms with E-state index in [1.807, 2.05) is 24.3 Å². The van der Waals surface area contributed by atoms with Crippen LogP contribution in [0.2, 0.25) is 0 Å². The van der Waals surface area contributed by atoms with Gasteiger partial charge in [0.05, 0.1) is 5.52 Å². The van der Waals surface area contributed by atoms with E-state index in [9.17, 15) is 8.78 Å². The van der Waals surface area contributed by atoms with Gasteiger partial charge in [-0.3, -0.25) is 0 Å². The monoisotopic (exact) mass is 286 g/mol. The highest BCUT2D eigenvalue weighted by atomic mass is 19.2. The van der Waals surface area contributed by atoms with Crippen molar-refractivity contribution in [3.05, 3.63) is 53.6 Å². The van der Waals surface area contributed by atoms with Gasteiger partial charge in [0.25, 0.3) is 0 Å². The van der Waals surface area contributed by atoms with Crippen LogP contribution in [0.5, 0.6) is 0 Å². The normalized spacial score (nSPS) is 12.0. The highest BCUT2D eigenvalue weighted by Crippen LogP contribution is 2.27. The summed E-state index contributed by atoms with van der Waals surface area (Å²) < 4.78 is 26.9. The molecule has 0 spiro atoms. The summed E-state index contributed by atoms with van der Waals surface area (Å²) in [5.41, 5.74) is 2.65. The lowest BCUT2D eigenvalue weighted by atomic mass is 9.87. The van der Waals surface area contributed by atoms with Gasteiger partial charge in [-0.25, -0.2) is 13.8 Å². The zero-order valence-corrected chi connectivity index (χ0v) is 12.2. The van der Waals surface area contributed by atoms with E-state index in [4.69, 9.17) is 0 Å². The molecule has 108 valence electrons. The summed E-state index contributed by atoms with van der Waals surface area (Å²) >= 11 is 0. The highest BCUT2D eigenvalue weighted by molar-refractivity contribution is 5.80. The SMILES string of the molecule is CC(C)(C)c1ccc(-c2nc3c(F)c(F)ccc3[nH]2)cc1. The fraction of sp³-hybridized carbons (Fsp3) is 0.235. The predicted octanol–water partition coefficient (Wildman–Crippen LogP) is 4.81. The van der Waals surface area contributed by atoms with E-state index in [2.05, 4.69) is 30.7 Å². The Labute approximate surface area is 121 Å². The number of fused-ring (bicyclic) bond motifs is 1. The Morgan fingerprint density at radius 2 is 1.62 bits per heavy atom. The van der Waals surface area contributed by atoms with E-state index in [1.165, 1.54) is 11.6 Å². The van der Waals surface area contributed by atoms with Crippen LogP contribution in [0.25, 0.3) is 22.4 Å². The molecule has 0 radical (unpaired) electrons. The molecule has 3 aromatic rings. The smallest absolute Gasteiger partial charge is 0.186 e. The molecule has 0 amide bonds. The summed E-state index contributed by atoms with van der Waals surface area (Å²) in [6, 6.07) is 10.5. The maximum Gasteiger partial charge on any atom is 0.186 e. The van der Waals surface area contributed by atoms with Gasteiger partial charge in [-0.15, -0.1) is 0 Å². The zero-order valence-electron chi connectivity index (χ0n) is 12.2. The van der Waals surface area contributed by atoms with Gasteiger partial charge in [0.2, 0.25) is 0 Å². The molecular formula is C17H16F2N2. The number of nitrogens with one attached hydrogen (secondary N) is 1. The third kappa shape index (κ3) is 2.42. The number of aromatic amines is 1. The van der Waals surface area contributed by atoms with E-state index in [-0.39, 0.29) is 10.9 Å². The van der Waals surface area contributed by atoms with Crippen LogP contribution in [0.15, 0.2) is 36.4 Å². The minimum Gasteiger partial charge on any atom is -0.338 e. The molecule has 1 aromatic heterocycles. The first-order valence-electron chi connectivity index (χ1n) is 6.81. The molecule has 0 aliphatic rings. The number of imidazole rings is 1. The fourth-order valence-electron chi connectivity index (χ4n) is 2.28. The van der Waals surface area contributed by atoms with Gasteiger partial charge < -0.3 is 4.98 Å². The molecule has 3 rings (SSSR count). The summed E-state index contributed by atoms with van der Waals surface area (Å²) in [5.74, 6) is -1.26. The number of aromatic nitrogens is 2. The zero-order chi connectivity index (χ0) is 15.2. The van der Waals surface area contributed by atoms with Crippen LogP contribution in [0.4, 0.5) is 8.78 Å². The molecule has 21 heavy (non-hydrogen) atoms. The topological polar surface area (TPSA) is 28.7 Å². The molecule has 0 unspecified atom stereocenters. The number of rotatable bonds is 1. The summed E-state index contributed by atoms with van der Waals surface area (Å²) in [4.78, 5) is 7.18. The van der Waals surface area contributed by atoms with Crippen molar-refractivity contribution in [2.24, 2.45) is 0 Å². The molecule has 1 heterocycles. The fourth-order valence-corrected chi connectivity index (χ4v) is 2.28. The first-order chi connectivity index (χ1) is 9.86. The van der Waals surface area contributed by atoms with Gasteiger partial charge in [0, 0.05) is 5.56 Å². The van der Waals surface area contributed by atoms with Crippen LogP contribution in [-0.4, -0.2) is 9.97 Å². The number of hydrogen-bond donors (Lipinski definition) is 1. The van der Waals surface area contributed by atoms with Crippen LogP contribution >= 0.6 is 0 Å². The Kier molecular flexibility index (Phi) is 3.04. The highest BCUT2D eigenvalue weighted by Gasteiger charge is 2.15.